The van der Waals surface area contributed by atoms with Gasteiger partial charge in [0, 0.05) is 41.5 Å². The minimum atomic E-state index is -1.18. The van der Waals surface area contributed by atoms with Crippen LogP contribution in [0.15, 0.2) is 67.0 Å². The Kier molecular flexibility index (Phi) is 12.8. The van der Waals surface area contributed by atoms with E-state index in [-0.39, 0.29) is 19.8 Å². The molecule has 240 valence electrons. The Bertz CT molecular complexity index is 1710. The van der Waals surface area contributed by atoms with Crippen LogP contribution in [0.4, 0.5) is 0 Å². The van der Waals surface area contributed by atoms with Gasteiger partial charge >= 0.3 is 5.97 Å². The lowest BCUT2D eigenvalue weighted by atomic mass is 9.93. The minimum Gasteiger partial charge on any atom is -0.493 e. The van der Waals surface area contributed by atoms with Crippen molar-refractivity contribution in [1.82, 2.24) is 10.3 Å². The molecule has 0 radical (unpaired) electrons. The number of aliphatic hydroxyl groups is 1. The van der Waals surface area contributed by atoms with Gasteiger partial charge in [0.25, 0.3) is 0 Å². The van der Waals surface area contributed by atoms with E-state index in [9.17, 15) is 20.3 Å². The molecular formula is C35H35BrClN3O6. The Hall–Kier alpha value is -4.14. The molecule has 46 heavy (non-hydrogen) atoms. The van der Waals surface area contributed by atoms with Gasteiger partial charge in [0.05, 0.1) is 23.8 Å². The third kappa shape index (κ3) is 8.98. The normalized spacial score (nSPS) is 11.5. The lowest BCUT2D eigenvalue weighted by molar-refractivity contribution is -0.140. The van der Waals surface area contributed by atoms with Gasteiger partial charge in [-0.05, 0) is 66.3 Å². The van der Waals surface area contributed by atoms with Gasteiger partial charge in [-0.3, -0.25) is 15.1 Å². The highest BCUT2D eigenvalue weighted by Gasteiger charge is 2.19. The summed E-state index contributed by atoms with van der Waals surface area (Å²) in [6.07, 6.45) is 3.98. The first kappa shape index (κ1) is 34.7. The number of aromatic nitrogens is 1. The number of benzene rings is 3. The van der Waals surface area contributed by atoms with Crippen molar-refractivity contribution in [1.29, 1.82) is 5.26 Å². The number of alkyl halides is 1. The molecule has 0 fully saturated rings. The fourth-order valence-corrected chi connectivity index (χ4v) is 5.27. The summed E-state index contributed by atoms with van der Waals surface area (Å²) >= 11 is 10.1. The second kappa shape index (κ2) is 17.0. The van der Waals surface area contributed by atoms with Crippen LogP contribution in [0.2, 0.25) is 5.02 Å². The van der Waals surface area contributed by atoms with Gasteiger partial charge in [-0.2, -0.15) is 5.26 Å². The van der Waals surface area contributed by atoms with Crippen LogP contribution < -0.4 is 19.5 Å². The third-order valence-electron chi connectivity index (χ3n) is 7.39. The van der Waals surface area contributed by atoms with Crippen molar-refractivity contribution < 1.29 is 29.2 Å². The van der Waals surface area contributed by atoms with Gasteiger partial charge in [0.15, 0.2) is 0 Å². The topological polar surface area (TPSA) is 134 Å². The fourth-order valence-electron chi connectivity index (χ4n) is 4.80. The molecule has 0 aliphatic heterocycles. The standard InChI is InChI=1S/C35H35BrClN3O6/c1-22-26(6-3-7-28(22)29-8-4-9-32(23(29)2)44-11-5-10-36)21-46-34-14-33(45-20-25-12-24(15-38)16-39-17-25)27(13-30(34)37)18-40-31(19-41)35(42)43/h3-4,6-9,12-14,16-17,31,40-41H,5,10-11,18-21H2,1-2H3,(H,42,43). The molecule has 0 aliphatic rings. The van der Waals surface area contributed by atoms with E-state index >= 15 is 0 Å². The summed E-state index contributed by atoms with van der Waals surface area (Å²) < 4.78 is 18.3. The second-order valence-corrected chi connectivity index (χ2v) is 11.7. The Balaban J connectivity index is 1.58. The molecule has 1 heterocycles. The van der Waals surface area contributed by atoms with E-state index in [1.807, 2.05) is 24.3 Å². The lowest BCUT2D eigenvalue weighted by Crippen LogP contribution is -2.39. The Labute approximate surface area is 281 Å². The van der Waals surface area contributed by atoms with Gasteiger partial charge in [-0.15, -0.1) is 0 Å². The number of ether oxygens (including phenoxy) is 3. The number of carboxylic acid groups (broad SMARTS) is 1. The van der Waals surface area contributed by atoms with Crippen molar-refractivity contribution in [2.45, 2.75) is 46.1 Å². The first-order valence-corrected chi connectivity index (χ1v) is 16.1. The molecule has 0 amide bonds. The number of hydrogen-bond acceptors (Lipinski definition) is 8. The van der Waals surface area contributed by atoms with Crippen molar-refractivity contribution in [3.05, 3.63) is 105 Å². The molecule has 1 atom stereocenters. The summed E-state index contributed by atoms with van der Waals surface area (Å²) in [5.41, 5.74) is 6.89. The molecule has 3 aromatic carbocycles. The van der Waals surface area contributed by atoms with E-state index in [1.54, 1.807) is 24.4 Å². The van der Waals surface area contributed by atoms with Crippen molar-refractivity contribution in [3.8, 4) is 34.4 Å². The average molecular weight is 709 g/mol. The highest BCUT2D eigenvalue weighted by molar-refractivity contribution is 9.09. The highest BCUT2D eigenvalue weighted by atomic mass is 79.9. The molecular weight excluding hydrogens is 674 g/mol. The molecule has 9 nitrogen and oxygen atoms in total. The zero-order valence-corrected chi connectivity index (χ0v) is 27.9. The van der Waals surface area contributed by atoms with Gasteiger partial charge < -0.3 is 24.4 Å². The predicted octanol–water partition coefficient (Wildman–Crippen LogP) is 6.75. The fraction of sp³-hybridized carbons (Fsp3) is 0.286. The minimum absolute atomic E-state index is 0.0583. The lowest BCUT2D eigenvalue weighted by Gasteiger charge is -2.19. The van der Waals surface area contributed by atoms with E-state index in [1.165, 1.54) is 6.20 Å². The van der Waals surface area contributed by atoms with E-state index < -0.39 is 18.6 Å². The van der Waals surface area contributed by atoms with Gasteiger partial charge in [-0.25, -0.2) is 0 Å². The van der Waals surface area contributed by atoms with Crippen molar-refractivity contribution in [2.24, 2.45) is 0 Å². The number of pyridine rings is 1. The molecule has 1 aromatic heterocycles. The average Bonchev–Trinajstić information content (AvgIpc) is 3.05. The Morgan fingerprint density at radius 1 is 0.978 bits per heavy atom. The maximum absolute atomic E-state index is 11.4. The first-order chi connectivity index (χ1) is 22.2. The van der Waals surface area contributed by atoms with Crippen LogP contribution in [0.1, 0.15) is 39.8 Å². The molecule has 0 saturated heterocycles. The zero-order chi connectivity index (χ0) is 33.1. The highest BCUT2D eigenvalue weighted by Crippen LogP contribution is 2.36. The maximum atomic E-state index is 11.4. The number of halogens is 2. The van der Waals surface area contributed by atoms with Gasteiger partial charge in [0.1, 0.15) is 42.6 Å². The monoisotopic (exact) mass is 707 g/mol. The maximum Gasteiger partial charge on any atom is 0.323 e. The first-order valence-electron chi connectivity index (χ1n) is 14.6. The molecule has 0 aliphatic carbocycles. The Morgan fingerprint density at radius 2 is 1.72 bits per heavy atom. The number of carboxylic acids is 1. The van der Waals surface area contributed by atoms with Gasteiger partial charge in [-0.1, -0.05) is 57.9 Å². The quantitative estimate of drug-likeness (QED) is 0.0854. The smallest absolute Gasteiger partial charge is 0.323 e. The van der Waals surface area contributed by atoms with Crippen molar-refractivity contribution in [2.75, 3.05) is 18.5 Å². The summed E-state index contributed by atoms with van der Waals surface area (Å²) in [6.45, 7) is 4.55. The van der Waals surface area contributed by atoms with Crippen LogP contribution in [0.25, 0.3) is 11.1 Å². The summed E-state index contributed by atoms with van der Waals surface area (Å²) in [4.78, 5) is 15.5. The molecule has 4 rings (SSSR count). The zero-order valence-electron chi connectivity index (χ0n) is 25.6. The number of rotatable bonds is 16. The van der Waals surface area contributed by atoms with Crippen LogP contribution in [-0.2, 0) is 24.6 Å². The third-order valence-corrected chi connectivity index (χ3v) is 8.25. The molecule has 3 N–H and O–H groups in total. The predicted molar refractivity (Wildman–Crippen MR) is 180 cm³/mol. The summed E-state index contributed by atoms with van der Waals surface area (Å²) in [5, 5.41) is 32.0. The number of nitrogens with one attached hydrogen (secondary N) is 1. The summed E-state index contributed by atoms with van der Waals surface area (Å²) in [6, 6.07) is 18.0. The second-order valence-electron chi connectivity index (χ2n) is 10.5. The van der Waals surface area contributed by atoms with E-state index in [0.29, 0.717) is 39.8 Å². The van der Waals surface area contributed by atoms with Crippen LogP contribution in [0.3, 0.4) is 0 Å². The van der Waals surface area contributed by atoms with Crippen molar-refractivity contribution in [3.63, 3.8) is 0 Å². The number of carbonyl (C=O) groups is 1. The van der Waals surface area contributed by atoms with E-state index in [0.717, 1.165) is 45.3 Å². The largest absolute Gasteiger partial charge is 0.493 e. The number of aliphatic carboxylic acids is 1. The van der Waals surface area contributed by atoms with Crippen LogP contribution in [0, 0.1) is 25.2 Å². The molecule has 0 bridgehead atoms. The molecule has 1 unspecified atom stereocenters. The number of aliphatic hydroxyl groups excluding tert-OH is 1. The molecule has 0 saturated carbocycles. The number of nitriles is 1. The SMILES string of the molecule is Cc1c(COc2cc(OCc3cncc(C#N)c3)c(CNC(CO)C(=O)O)cc2Cl)cccc1-c1cccc(OCCCBr)c1C. The molecule has 4 aromatic rings. The summed E-state index contributed by atoms with van der Waals surface area (Å²) in [7, 11) is 0. The molecule has 0 spiro atoms. The Morgan fingerprint density at radius 3 is 2.43 bits per heavy atom. The van der Waals surface area contributed by atoms with Crippen LogP contribution in [0.5, 0.6) is 17.2 Å². The van der Waals surface area contributed by atoms with Crippen LogP contribution in [-0.4, -0.2) is 45.8 Å². The van der Waals surface area contributed by atoms with Crippen molar-refractivity contribution >= 4 is 33.5 Å². The van der Waals surface area contributed by atoms with Gasteiger partial charge in [0.2, 0.25) is 0 Å². The van der Waals surface area contributed by atoms with E-state index in [2.05, 4.69) is 58.3 Å². The number of hydrogen-bond donors (Lipinski definition) is 3. The van der Waals surface area contributed by atoms with E-state index in [4.69, 9.17) is 25.8 Å². The molecule has 11 heteroatoms. The van der Waals surface area contributed by atoms with Crippen LogP contribution >= 0.6 is 27.5 Å². The summed E-state index contributed by atoms with van der Waals surface area (Å²) in [5.74, 6) is 0.452. The number of nitrogens with zero attached hydrogens (tertiary/aromatic N) is 2.